The zero-order valence-corrected chi connectivity index (χ0v) is 11.1. The number of nitrogens with zero attached hydrogens (tertiary/aromatic N) is 2. The van der Waals surface area contributed by atoms with Crippen molar-refractivity contribution in [3.63, 3.8) is 0 Å². The lowest BCUT2D eigenvalue weighted by atomic mass is 10.3. The average Bonchev–Trinajstić information content (AvgIpc) is 2.49. The summed E-state index contributed by atoms with van der Waals surface area (Å²) < 4.78 is 0. The Labute approximate surface area is 104 Å². The number of rotatable bonds is 6. The lowest BCUT2D eigenvalue weighted by molar-refractivity contribution is -0.145. The van der Waals surface area contributed by atoms with E-state index in [-0.39, 0.29) is 11.8 Å². The van der Waals surface area contributed by atoms with Gasteiger partial charge in [0.2, 0.25) is 0 Å². The largest absolute Gasteiger partial charge is 0.312 e. The standard InChI is InChI=1S/C9H17N3O2S2/c1-15-5-3-11-8(13)7(10)9(14)12(11)4-6-16-2/h7H,3-6,10H2,1-2H3. The smallest absolute Gasteiger partial charge is 0.267 e. The maximum atomic E-state index is 11.7. The minimum Gasteiger partial charge on any atom is -0.312 e. The van der Waals surface area contributed by atoms with Gasteiger partial charge in [-0.2, -0.15) is 23.5 Å². The molecule has 0 radical (unpaired) electrons. The van der Waals surface area contributed by atoms with Gasteiger partial charge in [0.25, 0.3) is 11.8 Å². The summed E-state index contributed by atoms with van der Waals surface area (Å²) in [4.78, 5) is 23.4. The minimum atomic E-state index is -0.997. The molecule has 1 aliphatic heterocycles. The number of thioether (sulfide) groups is 2. The van der Waals surface area contributed by atoms with E-state index in [1.165, 1.54) is 10.0 Å². The van der Waals surface area contributed by atoms with Gasteiger partial charge >= 0.3 is 0 Å². The zero-order valence-electron chi connectivity index (χ0n) is 9.51. The number of amides is 2. The van der Waals surface area contributed by atoms with E-state index in [1.54, 1.807) is 23.5 Å². The van der Waals surface area contributed by atoms with Crippen LogP contribution in [0.25, 0.3) is 0 Å². The topological polar surface area (TPSA) is 66.6 Å². The van der Waals surface area contributed by atoms with Crippen LogP contribution in [0.5, 0.6) is 0 Å². The molecule has 0 bridgehead atoms. The number of nitrogens with two attached hydrogens (primary N) is 1. The first-order chi connectivity index (χ1) is 7.63. The second-order valence-electron chi connectivity index (χ2n) is 3.39. The average molecular weight is 263 g/mol. The second-order valence-corrected chi connectivity index (χ2v) is 5.36. The van der Waals surface area contributed by atoms with Crippen LogP contribution in [0.3, 0.4) is 0 Å². The maximum absolute atomic E-state index is 11.7. The van der Waals surface area contributed by atoms with Crippen LogP contribution in [0.2, 0.25) is 0 Å². The van der Waals surface area contributed by atoms with E-state index in [4.69, 9.17) is 5.73 Å². The van der Waals surface area contributed by atoms with Gasteiger partial charge in [0.15, 0.2) is 6.04 Å². The van der Waals surface area contributed by atoms with Crippen LogP contribution in [0.4, 0.5) is 0 Å². The first-order valence-corrected chi connectivity index (χ1v) is 7.78. The van der Waals surface area contributed by atoms with Gasteiger partial charge in [0.1, 0.15) is 0 Å². The minimum absolute atomic E-state index is 0.278. The van der Waals surface area contributed by atoms with Crippen molar-refractivity contribution in [1.29, 1.82) is 0 Å². The molecule has 7 heteroatoms. The molecule has 0 aliphatic carbocycles. The monoisotopic (exact) mass is 263 g/mol. The van der Waals surface area contributed by atoms with Crippen molar-refractivity contribution in [2.45, 2.75) is 6.04 Å². The van der Waals surface area contributed by atoms with Crippen molar-refractivity contribution < 1.29 is 9.59 Å². The summed E-state index contributed by atoms with van der Waals surface area (Å²) in [5, 5.41) is 2.97. The fourth-order valence-corrected chi connectivity index (χ4v) is 2.19. The summed E-state index contributed by atoms with van der Waals surface area (Å²) >= 11 is 3.28. The van der Waals surface area contributed by atoms with Crippen LogP contribution in [0.15, 0.2) is 0 Å². The fourth-order valence-electron chi connectivity index (χ4n) is 1.48. The van der Waals surface area contributed by atoms with Crippen LogP contribution in [-0.2, 0) is 9.59 Å². The molecule has 2 amide bonds. The van der Waals surface area contributed by atoms with Gasteiger partial charge < -0.3 is 5.73 Å². The Morgan fingerprint density at radius 3 is 1.75 bits per heavy atom. The van der Waals surface area contributed by atoms with Gasteiger partial charge in [-0.05, 0) is 12.5 Å². The molecule has 1 rings (SSSR count). The quantitative estimate of drug-likeness (QED) is 0.662. The third-order valence-corrected chi connectivity index (χ3v) is 3.53. The normalized spacial score (nSPS) is 17.7. The Balaban J connectivity index is 2.67. The number of hydrogen-bond donors (Lipinski definition) is 1. The molecule has 0 atom stereocenters. The molecule has 0 saturated carbocycles. The summed E-state index contributed by atoms with van der Waals surface area (Å²) in [7, 11) is 0. The van der Waals surface area contributed by atoms with Crippen LogP contribution >= 0.6 is 23.5 Å². The van der Waals surface area contributed by atoms with Crippen molar-refractivity contribution in [1.82, 2.24) is 10.0 Å². The number of carbonyl (C=O) groups excluding carboxylic acids is 2. The molecule has 1 fully saturated rings. The highest BCUT2D eigenvalue weighted by atomic mass is 32.2. The lowest BCUT2D eigenvalue weighted by Gasteiger charge is -2.27. The summed E-state index contributed by atoms with van der Waals surface area (Å²) in [5.41, 5.74) is 5.55. The molecule has 1 saturated heterocycles. The second kappa shape index (κ2) is 6.36. The summed E-state index contributed by atoms with van der Waals surface area (Å²) in [5.74, 6) is 1.06. The van der Waals surface area contributed by atoms with Crippen LogP contribution in [-0.4, -0.2) is 65.0 Å². The first-order valence-electron chi connectivity index (χ1n) is 4.99. The first kappa shape index (κ1) is 13.7. The predicted octanol–water partition coefficient (Wildman–Crippen LogP) is -0.374. The highest BCUT2D eigenvalue weighted by Crippen LogP contribution is 2.14. The van der Waals surface area contributed by atoms with Gasteiger partial charge in [-0.1, -0.05) is 0 Å². The molecule has 0 unspecified atom stereocenters. The summed E-state index contributed by atoms with van der Waals surface area (Å²) in [6.45, 7) is 1.10. The molecule has 5 nitrogen and oxygen atoms in total. The predicted molar refractivity (Wildman–Crippen MR) is 68.2 cm³/mol. The van der Waals surface area contributed by atoms with E-state index in [9.17, 15) is 9.59 Å². The lowest BCUT2D eigenvalue weighted by Crippen LogP contribution is -2.43. The summed E-state index contributed by atoms with van der Waals surface area (Å²) in [6, 6.07) is -0.997. The van der Waals surface area contributed by atoms with Crippen molar-refractivity contribution in [2.24, 2.45) is 5.73 Å². The SMILES string of the molecule is CSCCN1C(=O)C(N)C(=O)N1CCSC. The maximum Gasteiger partial charge on any atom is 0.267 e. The number of hydrogen-bond acceptors (Lipinski definition) is 5. The molecular formula is C9H17N3O2S2. The van der Waals surface area contributed by atoms with E-state index in [0.29, 0.717) is 13.1 Å². The molecule has 0 spiro atoms. The van der Waals surface area contributed by atoms with E-state index < -0.39 is 6.04 Å². The molecule has 92 valence electrons. The van der Waals surface area contributed by atoms with E-state index in [2.05, 4.69) is 0 Å². The molecule has 1 heterocycles. The molecule has 0 aromatic rings. The number of hydrazine groups is 1. The highest BCUT2D eigenvalue weighted by molar-refractivity contribution is 7.98. The Bertz CT molecular complexity index is 249. The van der Waals surface area contributed by atoms with Crippen molar-refractivity contribution in [2.75, 3.05) is 37.1 Å². The van der Waals surface area contributed by atoms with Gasteiger partial charge in [0.05, 0.1) is 13.1 Å². The molecular weight excluding hydrogens is 246 g/mol. The van der Waals surface area contributed by atoms with E-state index >= 15 is 0 Å². The van der Waals surface area contributed by atoms with Crippen LogP contribution in [0, 0.1) is 0 Å². The molecule has 0 aromatic carbocycles. The van der Waals surface area contributed by atoms with Crippen LogP contribution in [0.1, 0.15) is 0 Å². The van der Waals surface area contributed by atoms with Crippen LogP contribution < -0.4 is 5.73 Å². The van der Waals surface area contributed by atoms with Crippen molar-refractivity contribution in [3.05, 3.63) is 0 Å². The Morgan fingerprint density at radius 1 is 1.06 bits per heavy atom. The molecule has 2 N–H and O–H groups in total. The Morgan fingerprint density at radius 2 is 1.44 bits per heavy atom. The molecule has 0 aromatic heterocycles. The van der Waals surface area contributed by atoms with E-state index in [0.717, 1.165) is 11.5 Å². The summed E-state index contributed by atoms with van der Waals surface area (Å²) in [6.07, 6.45) is 3.93. The highest BCUT2D eigenvalue weighted by Gasteiger charge is 2.42. The fraction of sp³-hybridized carbons (Fsp3) is 0.778. The number of carbonyl (C=O) groups is 2. The zero-order chi connectivity index (χ0) is 12.1. The Hall–Kier alpha value is -0.400. The van der Waals surface area contributed by atoms with Crippen molar-refractivity contribution >= 4 is 35.3 Å². The third kappa shape index (κ3) is 2.83. The van der Waals surface area contributed by atoms with E-state index in [1.807, 2.05) is 12.5 Å². The third-order valence-electron chi connectivity index (χ3n) is 2.35. The molecule has 16 heavy (non-hydrogen) atoms. The van der Waals surface area contributed by atoms with Gasteiger partial charge in [-0.25, -0.2) is 10.0 Å². The van der Waals surface area contributed by atoms with Gasteiger partial charge in [0, 0.05) is 11.5 Å². The van der Waals surface area contributed by atoms with Gasteiger partial charge in [-0.3, -0.25) is 9.59 Å². The Kier molecular flexibility index (Phi) is 5.43. The van der Waals surface area contributed by atoms with Gasteiger partial charge in [-0.15, -0.1) is 0 Å². The molecule has 1 aliphatic rings. The van der Waals surface area contributed by atoms with Crippen molar-refractivity contribution in [3.8, 4) is 0 Å².